The SMILES string of the molecule is O=C(O)CCN1CCN(Cc2ccc(C(=O)O)o2)CC1. The summed E-state index contributed by atoms with van der Waals surface area (Å²) in [7, 11) is 0. The van der Waals surface area contributed by atoms with E-state index in [2.05, 4.69) is 9.80 Å². The molecule has 7 heteroatoms. The number of carboxylic acids is 2. The number of piperazine rings is 1. The van der Waals surface area contributed by atoms with E-state index in [9.17, 15) is 9.59 Å². The minimum absolute atomic E-state index is 0.0416. The first kappa shape index (κ1) is 14.5. The van der Waals surface area contributed by atoms with E-state index in [0.717, 1.165) is 26.2 Å². The molecule has 2 N–H and O–H groups in total. The molecule has 2 heterocycles. The van der Waals surface area contributed by atoms with Gasteiger partial charge in [0.05, 0.1) is 13.0 Å². The van der Waals surface area contributed by atoms with Gasteiger partial charge in [-0.05, 0) is 12.1 Å². The van der Waals surface area contributed by atoms with Crippen LogP contribution in [0, 0.1) is 0 Å². The van der Waals surface area contributed by atoms with Crippen LogP contribution in [-0.2, 0) is 11.3 Å². The average molecular weight is 282 g/mol. The molecule has 1 aliphatic heterocycles. The summed E-state index contributed by atoms with van der Waals surface area (Å²) in [6.07, 6.45) is 0.167. The van der Waals surface area contributed by atoms with E-state index in [1.807, 2.05) is 0 Å². The molecule has 110 valence electrons. The van der Waals surface area contributed by atoms with E-state index in [0.29, 0.717) is 18.8 Å². The second-order valence-corrected chi connectivity index (χ2v) is 4.83. The highest BCUT2D eigenvalue weighted by Crippen LogP contribution is 2.12. The van der Waals surface area contributed by atoms with Crippen molar-refractivity contribution >= 4 is 11.9 Å². The summed E-state index contributed by atoms with van der Waals surface area (Å²) >= 11 is 0. The minimum Gasteiger partial charge on any atom is -0.481 e. The quantitative estimate of drug-likeness (QED) is 0.787. The normalized spacial score (nSPS) is 17.2. The Morgan fingerprint density at radius 3 is 2.30 bits per heavy atom. The van der Waals surface area contributed by atoms with E-state index < -0.39 is 11.9 Å². The van der Waals surface area contributed by atoms with E-state index >= 15 is 0 Å². The lowest BCUT2D eigenvalue weighted by Gasteiger charge is -2.33. The monoisotopic (exact) mass is 282 g/mol. The van der Waals surface area contributed by atoms with E-state index in [1.165, 1.54) is 6.07 Å². The van der Waals surface area contributed by atoms with Gasteiger partial charge in [-0.15, -0.1) is 0 Å². The van der Waals surface area contributed by atoms with Crippen molar-refractivity contribution in [2.75, 3.05) is 32.7 Å². The van der Waals surface area contributed by atoms with E-state index in [1.54, 1.807) is 6.07 Å². The molecule has 1 aromatic heterocycles. The van der Waals surface area contributed by atoms with Crippen LogP contribution in [0.1, 0.15) is 22.7 Å². The molecule has 0 bridgehead atoms. The molecule has 0 atom stereocenters. The molecule has 0 amide bonds. The van der Waals surface area contributed by atoms with Crippen molar-refractivity contribution in [3.63, 3.8) is 0 Å². The number of carbonyl (C=O) groups is 2. The number of carboxylic acid groups (broad SMARTS) is 2. The summed E-state index contributed by atoms with van der Waals surface area (Å²) in [4.78, 5) is 25.5. The predicted molar refractivity (Wildman–Crippen MR) is 69.6 cm³/mol. The van der Waals surface area contributed by atoms with Gasteiger partial charge in [-0.1, -0.05) is 0 Å². The fourth-order valence-electron chi connectivity index (χ4n) is 2.22. The number of furan rings is 1. The van der Waals surface area contributed by atoms with Crippen molar-refractivity contribution in [3.8, 4) is 0 Å². The summed E-state index contributed by atoms with van der Waals surface area (Å²) in [5.41, 5.74) is 0. The summed E-state index contributed by atoms with van der Waals surface area (Å²) in [5.74, 6) is -1.24. The zero-order valence-electron chi connectivity index (χ0n) is 11.1. The van der Waals surface area contributed by atoms with Crippen LogP contribution < -0.4 is 0 Å². The van der Waals surface area contributed by atoms with Crippen LogP contribution in [0.5, 0.6) is 0 Å². The third-order valence-corrected chi connectivity index (χ3v) is 3.36. The van der Waals surface area contributed by atoms with Gasteiger partial charge in [-0.3, -0.25) is 9.69 Å². The molecule has 2 rings (SSSR count). The molecule has 20 heavy (non-hydrogen) atoms. The molecule has 0 spiro atoms. The van der Waals surface area contributed by atoms with Crippen molar-refractivity contribution in [1.29, 1.82) is 0 Å². The van der Waals surface area contributed by atoms with Crippen LogP contribution in [0.2, 0.25) is 0 Å². The second kappa shape index (κ2) is 6.53. The smallest absolute Gasteiger partial charge is 0.371 e. The zero-order chi connectivity index (χ0) is 14.5. The molecule has 1 aliphatic rings. The van der Waals surface area contributed by atoms with Gasteiger partial charge in [0.15, 0.2) is 0 Å². The highest BCUT2D eigenvalue weighted by molar-refractivity contribution is 5.84. The Morgan fingerprint density at radius 2 is 1.75 bits per heavy atom. The maximum Gasteiger partial charge on any atom is 0.371 e. The molecule has 0 aromatic carbocycles. The summed E-state index contributed by atoms with van der Waals surface area (Å²) in [5, 5.41) is 17.4. The Balaban J connectivity index is 1.76. The lowest BCUT2D eigenvalue weighted by molar-refractivity contribution is -0.137. The number of hydrogen-bond donors (Lipinski definition) is 2. The molecule has 0 aliphatic carbocycles. The molecular weight excluding hydrogens is 264 g/mol. The Kier molecular flexibility index (Phi) is 4.75. The van der Waals surface area contributed by atoms with Gasteiger partial charge >= 0.3 is 11.9 Å². The Labute approximate surface area is 116 Å². The highest BCUT2D eigenvalue weighted by Gasteiger charge is 2.19. The molecule has 1 saturated heterocycles. The Bertz CT molecular complexity index is 477. The summed E-state index contributed by atoms with van der Waals surface area (Å²) in [6.45, 7) is 4.44. The van der Waals surface area contributed by atoms with Crippen LogP contribution >= 0.6 is 0 Å². The van der Waals surface area contributed by atoms with Gasteiger partial charge in [-0.2, -0.15) is 0 Å². The van der Waals surface area contributed by atoms with Crippen LogP contribution in [0.3, 0.4) is 0 Å². The number of nitrogens with zero attached hydrogens (tertiary/aromatic N) is 2. The van der Waals surface area contributed by atoms with Crippen molar-refractivity contribution in [2.24, 2.45) is 0 Å². The van der Waals surface area contributed by atoms with Gasteiger partial charge < -0.3 is 19.5 Å². The fraction of sp³-hybridized carbons (Fsp3) is 0.538. The number of hydrogen-bond acceptors (Lipinski definition) is 5. The maximum atomic E-state index is 10.7. The Morgan fingerprint density at radius 1 is 1.10 bits per heavy atom. The van der Waals surface area contributed by atoms with Gasteiger partial charge in [0.25, 0.3) is 0 Å². The second-order valence-electron chi connectivity index (χ2n) is 4.83. The van der Waals surface area contributed by atoms with Crippen molar-refractivity contribution in [3.05, 3.63) is 23.7 Å². The largest absolute Gasteiger partial charge is 0.481 e. The molecule has 1 aromatic rings. The molecular formula is C13H18N2O5. The third-order valence-electron chi connectivity index (χ3n) is 3.36. The maximum absolute atomic E-state index is 10.7. The first-order valence-corrected chi connectivity index (χ1v) is 6.53. The van der Waals surface area contributed by atoms with Crippen LogP contribution in [-0.4, -0.2) is 64.7 Å². The Hall–Kier alpha value is -1.86. The van der Waals surface area contributed by atoms with Crippen molar-refractivity contribution in [1.82, 2.24) is 9.80 Å². The average Bonchev–Trinajstić information content (AvgIpc) is 2.86. The lowest BCUT2D eigenvalue weighted by Crippen LogP contribution is -2.46. The molecule has 1 fully saturated rings. The predicted octanol–water partition coefficient (Wildman–Crippen LogP) is 0.570. The first-order chi connectivity index (χ1) is 9.54. The van der Waals surface area contributed by atoms with Crippen LogP contribution in [0.15, 0.2) is 16.5 Å². The lowest BCUT2D eigenvalue weighted by atomic mass is 10.2. The zero-order valence-corrected chi connectivity index (χ0v) is 11.1. The van der Waals surface area contributed by atoms with Gasteiger partial charge in [-0.25, -0.2) is 4.79 Å². The molecule has 0 unspecified atom stereocenters. The molecule has 0 radical (unpaired) electrons. The van der Waals surface area contributed by atoms with Gasteiger partial charge in [0, 0.05) is 32.7 Å². The summed E-state index contributed by atoms with van der Waals surface area (Å²) < 4.78 is 5.22. The van der Waals surface area contributed by atoms with Crippen LogP contribution in [0.4, 0.5) is 0 Å². The standard InChI is InChI=1S/C13H18N2O5/c16-12(17)3-4-14-5-7-15(8-6-14)9-10-1-2-11(20-10)13(18)19/h1-2H,3-9H2,(H,16,17)(H,18,19). The van der Waals surface area contributed by atoms with E-state index in [-0.39, 0.29) is 12.2 Å². The first-order valence-electron chi connectivity index (χ1n) is 6.53. The third kappa shape index (κ3) is 4.07. The van der Waals surface area contributed by atoms with Crippen LogP contribution in [0.25, 0.3) is 0 Å². The molecule has 0 saturated carbocycles. The number of aromatic carboxylic acids is 1. The minimum atomic E-state index is -1.06. The van der Waals surface area contributed by atoms with E-state index in [4.69, 9.17) is 14.6 Å². The summed E-state index contributed by atoms with van der Waals surface area (Å²) in [6, 6.07) is 3.14. The van der Waals surface area contributed by atoms with Crippen molar-refractivity contribution in [2.45, 2.75) is 13.0 Å². The molecule has 7 nitrogen and oxygen atoms in total. The van der Waals surface area contributed by atoms with Crippen molar-refractivity contribution < 1.29 is 24.2 Å². The highest BCUT2D eigenvalue weighted by atomic mass is 16.4. The topological polar surface area (TPSA) is 94.2 Å². The van der Waals surface area contributed by atoms with Gasteiger partial charge in [0.1, 0.15) is 5.76 Å². The fourth-order valence-corrected chi connectivity index (χ4v) is 2.22. The van der Waals surface area contributed by atoms with Gasteiger partial charge in [0.2, 0.25) is 5.76 Å². The number of aliphatic carboxylic acids is 1. The number of rotatable bonds is 6.